The van der Waals surface area contributed by atoms with Gasteiger partial charge in [-0.3, -0.25) is 10.1 Å². The molecule has 0 spiro atoms. The third-order valence-corrected chi connectivity index (χ3v) is 6.32. The molecule has 1 heterocycles. The minimum absolute atomic E-state index is 0. The molecule has 0 bridgehead atoms. The zero-order valence-corrected chi connectivity index (χ0v) is 15.2. The van der Waals surface area contributed by atoms with E-state index in [-0.39, 0.29) is 36.5 Å². The van der Waals surface area contributed by atoms with Crippen molar-refractivity contribution in [2.24, 2.45) is 5.73 Å². The van der Waals surface area contributed by atoms with Crippen LogP contribution in [0.5, 0.6) is 0 Å². The van der Waals surface area contributed by atoms with Gasteiger partial charge >= 0.3 is 0 Å². The number of piperidine rings is 1. The summed E-state index contributed by atoms with van der Waals surface area (Å²) in [5.74, 6) is 0. The molecular formula is C14H22ClN3O5S. The summed E-state index contributed by atoms with van der Waals surface area (Å²) < 4.78 is 32.6. The predicted molar refractivity (Wildman–Crippen MR) is 91.8 cm³/mol. The number of ether oxygens (including phenoxy) is 1. The van der Waals surface area contributed by atoms with Gasteiger partial charge in [-0.2, -0.15) is 4.31 Å². The summed E-state index contributed by atoms with van der Waals surface area (Å²) in [5.41, 5.74) is 5.67. The number of aryl methyl sites for hydroxylation is 1. The largest absolute Gasteiger partial charge is 0.381 e. The van der Waals surface area contributed by atoms with E-state index in [0.717, 1.165) is 0 Å². The Hall–Kier alpha value is -1.26. The van der Waals surface area contributed by atoms with Crippen molar-refractivity contribution in [3.63, 3.8) is 0 Å². The fourth-order valence-electron chi connectivity index (χ4n) is 2.97. The summed E-state index contributed by atoms with van der Waals surface area (Å²) in [6.45, 7) is 1.92. The van der Waals surface area contributed by atoms with Gasteiger partial charge in [-0.15, -0.1) is 12.4 Å². The lowest BCUT2D eigenvalue weighted by Gasteiger charge is -2.37. The summed E-state index contributed by atoms with van der Waals surface area (Å²) in [6.07, 6.45) is 0.958. The highest BCUT2D eigenvalue weighted by atomic mass is 35.5. The molecule has 2 atom stereocenters. The first-order chi connectivity index (χ1) is 10.8. The molecule has 2 unspecified atom stereocenters. The van der Waals surface area contributed by atoms with Crippen molar-refractivity contribution in [3.8, 4) is 0 Å². The zero-order valence-electron chi connectivity index (χ0n) is 13.5. The Morgan fingerprint density at radius 3 is 2.67 bits per heavy atom. The second kappa shape index (κ2) is 8.21. The van der Waals surface area contributed by atoms with E-state index in [9.17, 15) is 18.5 Å². The number of nitrogens with zero attached hydrogens (tertiary/aromatic N) is 2. The Bertz CT molecular complexity index is 698. The Morgan fingerprint density at radius 1 is 1.46 bits per heavy atom. The highest BCUT2D eigenvalue weighted by Crippen LogP contribution is 2.33. The number of halogens is 1. The van der Waals surface area contributed by atoms with Crippen LogP contribution in [0.2, 0.25) is 0 Å². The van der Waals surface area contributed by atoms with Crippen LogP contribution < -0.4 is 5.73 Å². The number of nitro groups is 1. The molecule has 136 valence electrons. The van der Waals surface area contributed by atoms with Crippen molar-refractivity contribution in [1.29, 1.82) is 0 Å². The van der Waals surface area contributed by atoms with E-state index in [1.807, 2.05) is 0 Å². The van der Waals surface area contributed by atoms with Crippen LogP contribution in [0.25, 0.3) is 0 Å². The van der Waals surface area contributed by atoms with Crippen LogP contribution in [-0.4, -0.2) is 50.0 Å². The summed E-state index contributed by atoms with van der Waals surface area (Å²) in [7, 11) is -2.43. The molecule has 1 saturated heterocycles. The van der Waals surface area contributed by atoms with E-state index in [1.165, 1.54) is 16.4 Å². The molecule has 10 heteroatoms. The van der Waals surface area contributed by atoms with Crippen molar-refractivity contribution in [1.82, 2.24) is 4.31 Å². The van der Waals surface area contributed by atoms with Crippen LogP contribution in [-0.2, 0) is 14.8 Å². The van der Waals surface area contributed by atoms with Crippen LogP contribution in [0.3, 0.4) is 0 Å². The number of methoxy groups -OCH3 is 1. The van der Waals surface area contributed by atoms with Crippen LogP contribution in [0, 0.1) is 17.0 Å². The molecule has 8 nitrogen and oxygen atoms in total. The minimum Gasteiger partial charge on any atom is -0.381 e. The molecule has 0 amide bonds. The van der Waals surface area contributed by atoms with Gasteiger partial charge in [0, 0.05) is 32.3 Å². The summed E-state index contributed by atoms with van der Waals surface area (Å²) >= 11 is 0. The zero-order chi connectivity index (χ0) is 17.2. The SMILES string of the molecule is COC1CCN(S(=O)(=O)c2c(C)cccc2[N+](=O)[O-])C(CN)C1.Cl. The van der Waals surface area contributed by atoms with E-state index in [4.69, 9.17) is 10.5 Å². The van der Waals surface area contributed by atoms with Crippen LogP contribution >= 0.6 is 12.4 Å². The Balaban J connectivity index is 0.00000288. The van der Waals surface area contributed by atoms with Gasteiger partial charge in [0.05, 0.1) is 11.0 Å². The van der Waals surface area contributed by atoms with Gasteiger partial charge < -0.3 is 10.5 Å². The minimum atomic E-state index is -4.01. The molecule has 1 aromatic rings. The first kappa shape index (κ1) is 20.8. The first-order valence-electron chi connectivity index (χ1n) is 7.31. The van der Waals surface area contributed by atoms with Gasteiger partial charge in [-0.25, -0.2) is 8.42 Å². The number of hydrogen-bond donors (Lipinski definition) is 1. The lowest BCUT2D eigenvalue weighted by Crippen LogP contribution is -2.51. The number of rotatable bonds is 5. The molecule has 2 N–H and O–H groups in total. The van der Waals surface area contributed by atoms with E-state index in [0.29, 0.717) is 18.4 Å². The Labute approximate surface area is 147 Å². The fraction of sp³-hybridized carbons (Fsp3) is 0.571. The molecular weight excluding hydrogens is 358 g/mol. The van der Waals surface area contributed by atoms with Gasteiger partial charge in [0.1, 0.15) is 0 Å². The molecule has 0 saturated carbocycles. The number of nitrogens with two attached hydrogens (primary N) is 1. The van der Waals surface area contributed by atoms with E-state index < -0.39 is 26.7 Å². The maximum Gasteiger partial charge on any atom is 0.289 e. The van der Waals surface area contributed by atoms with Crippen molar-refractivity contribution in [3.05, 3.63) is 33.9 Å². The van der Waals surface area contributed by atoms with E-state index >= 15 is 0 Å². The van der Waals surface area contributed by atoms with Crippen molar-refractivity contribution < 1.29 is 18.1 Å². The third kappa shape index (κ3) is 3.86. The van der Waals surface area contributed by atoms with Crippen LogP contribution in [0.1, 0.15) is 18.4 Å². The second-order valence-electron chi connectivity index (χ2n) is 5.57. The fourth-order valence-corrected chi connectivity index (χ4v) is 5.00. The normalized spacial score (nSPS) is 22.0. The van der Waals surface area contributed by atoms with Gasteiger partial charge in [0.2, 0.25) is 10.0 Å². The highest BCUT2D eigenvalue weighted by Gasteiger charge is 2.40. The van der Waals surface area contributed by atoms with Gasteiger partial charge in [-0.05, 0) is 25.3 Å². The molecule has 1 aliphatic rings. The number of hydrogen-bond acceptors (Lipinski definition) is 6. The van der Waals surface area contributed by atoms with Crippen molar-refractivity contribution in [2.75, 3.05) is 20.2 Å². The van der Waals surface area contributed by atoms with Crippen LogP contribution in [0.15, 0.2) is 23.1 Å². The molecule has 1 fully saturated rings. The number of nitro benzene ring substituents is 1. The molecule has 0 radical (unpaired) electrons. The quantitative estimate of drug-likeness (QED) is 0.611. The molecule has 24 heavy (non-hydrogen) atoms. The topological polar surface area (TPSA) is 116 Å². The standard InChI is InChI=1S/C14H21N3O5S.ClH/c1-10-4-3-5-13(17(18)19)14(10)23(20,21)16-7-6-12(22-2)8-11(16)9-15;/h3-5,11-12H,6-9,15H2,1-2H3;1H. The monoisotopic (exact) mass is 379 g/mol. The van der Waals surface area contributed by atoms with E-state index in [2.05, 4.69) is 0 Å². The lowest BCUT2D eigenvalue weighted by molar-refractivity contribution is -0.387. The number of sulfonamides is 1. The van der Waals surface area contributed by atoms with Gasteiger partial charge in [0.25, 0.3) is 5.69 Å². The lowest BCUT2D eigenvalue weighted by atomic mass is 10.0. The van der Waals surface area contributed by atoms with Crippen molar-refractivity contribution >= 4 is 28.1 Å². The molecule has 2 rings (SSSR count). The summed E-state index contributed by atoms with van der Waals surface area (Å²) in [5, 5.41) is 11.2. The van der Waals surface area contributed by atoms with Gasteiger partial charge in [-0.1, -0.05) is 12.1 Å². The third-order valence-electron chi connectivity index (χ3n) is 4.17. The van der Waals surface area contributed by atoms with Gasteiger partial charge in [0.15, 0.2) is 4.90 Å². The summed E-state index contributed by atoms with van der Waals surface area (Å²) in [4.78, 5) is 10.3. The predicted octanol–water partition coefficient (Wildman–Crippen LogP) is 1.45. The molecule has 0 aliphatic carbocycles. The molecule has 1 aliphatic heterocycles. The Morgan fingerprint density at radius 2 is 2.12 bits per heavy atom. The number of benzene rings is 1. The smallest absolute Gasteiger partial charge is 0.289 e. The molecule has 1 aromatic carbocycles. The average molecular weight is 380 g/mol. The maximum atomic E-state index is 13.0. The van der Waals surface area contributed by atoms with Crippen LogP contribution in [0.4, 0.5) is 5.69 Å². The second-order valence-corrected chi connectivity index (χ2v) is 7.40. The summed E-state index contributed by atoms with van der Waals surface area (Å²) in [6, 6.07) is 3.81. The highest BCUT2D eigenvalue weighted by molar-refractivity contribution is 7.89. The Kier molecular flexibility index (Phi) is 7.11. The van der Waals surface area contributed by atoms with E-state index in [1.54, 1.807) is 20.1 Å². The van der Waals surface area contributed by atoms with Crippen molar-refractivity contribution in [2.45, 2.75) is 36.8 Å². The molecule has 0 aromatic heterocycles. The first-order valence-corrected chi connectivity index (χ1v) is 8.75. The maximum absolute atomic E-state index is 13.0. The average Bonchev–Trinajstić information content (AvgIpc) is 2.53.